The van der Waals surface area contributed by atoms with Crippen LogP contribution in [0.5, 0.6) is 5.75 Å². The summed E-state index contributed by atoms with van der Waals surface area (Å²) in [7, 11) is 0. The van der Waals surface area contributed by atoms with E-state index in [9.17, 15) is 14.3 Å². The zero-order valence-corrected chi connectivity index (χ0v) is 16.5. The number of carbonyl (C=O) groups excluding carboxylic acids is 1. The minimum absolute atomic E-state index is 0.0755. The molecule has 4 aromatic rings. The van der Waals surface area contributed by atoms with E-state index in [0.29, 0.717) is 30.1 Å². The van der Waals surface area contributed by atoms with Gasteiger partial charge < -0.3 is 9.52 Å². The van der Waals surface area contributed by atoms with Crippen LogP contribution in [-0.4, -0.2) is 22.0 Å². The molecule has 0 radical (unpaired) electrons. The van der Waals surface area contributed by atoms with Crippen molar-refractivity contribution in [3.05, 3.63) is 96.0 Å². The number of aromatic nitrogens is 2. The molecule has 2 N–H and O–H groups in total. The number of nitrogens with zero attached hydrogens (tertiary/aromatic N) is 2. The lowest BCUT2D eigenvalue weighted by molar-refractivity contribution is -0.552. The van der Waals surface area contributed by atoms with Crippen molar-refractivity contribution in [1.82, 2.24) is 4.98 Å². The molecule has 0 bridgehead atoms. The van der Waals surface area contributed by atoms with E-state index in [1.165, 1.54) is 29.0 Å². The predicted molar refractivity (Wildman–Crippen MR) is 111 cm³/mol. The standard InChI is InChI=1S/C24H18FN3O3/c25-19-9-8-16(29)12-18(19)22-14-28-23(20(26-22)11-15-5-2-1-3-6-15)27-21(24(28)30)13-17-7-4-10-31-17/h1-10,12,14,21,29H,11,13H2/p+1. The van der Waals surface area contributed by atoms with Gasteiger partial charge in [0.05, 0.1) is 12.7 Å². The topological polar surface area (TPSA) is 79.2 Å². The van der Waals surface area contributed by atoms with Crippen LogP contribution in [0, 0.1) is 5.82 Å². The molecular formula is C24H19FN3O3+. The molecule has 0 saturated heterocycles. The Kier molecular flexibility index (Phi) is 4.71. The maximum absolute atomic E-state index is 14.5. The van der Waals surface area contributed by atoms with Crippen LogP contribution in [0.2, 0.25) is 0 Å². The third kappa shape index (κ3) is 3.66. The second kappa shape index (κ2) is 7.68. The van der Waals surface area contributed by atoms with E-state index in [0.717, 1.165) is 5.56 Å². The number of nitrogens with one attached hydrogen (secondary N) is 1. The molecule has 5 rings (SSSR count). The van der Waals surface area contributed by atoms with Gasteiger partial charge in [-0.25, -0.2) is 14.2 Å². The number of benzene rings is 2. The van der Waals surface area contributed by atoms with Gasteiger partial charge in [-0.15, -0.1) is 0 Å². The molecule has 31 heavy (non-hydrogen) atoms. The highest BCUT2D eigenvalue weighted by Crippen LogP contribution is 2.28. The molecule has 1 aliphatic heterocycles. The summed E-state index contributed by atoms with van der Waals surface area (Å²) in [4.78, 5) is 17.8. The van der Waals surface area contributed by atoms with Gasteiger partial charge in [-0.3, -0.25) is 5.32 Å². The highest BCUT2D eigenvalue weighted by Gasteiger charge is 2.41. The third-order valence-electron chi connectivity index (χ3n) is 5.29. The SMILES string of the molecule is O=C1C(Cc2ccco2)Nc2c(Cc3ccccc3)nc(-c3cc(O)ccc3F)c[n+]21. The van der Waals surface area contributed by atoms with Crippen molar-refractivity contribution in [2.45, 2.75) is 18.9 Å². The van der Waals surface area contributed by atoms with Gasteiger partial charge in [0, 0.05) is 12.0 Å². The molecule has 0 aliphatic carbocycles. The molecule has 0 saturated carbocycles. The average molecular weight is 416 g/mol. The first kappa shape index (κ1) is 19.0. The van der Waals surface area contributed by atoms with Gasteiger partial charge in [0.15, 0.2) is 0 Å². The Morgan fingerprint density at radius 3 is 2.74 bits per heavy atom. The molecule has 6 nitrogen and oxygen atoms in total. The Labute approximate surface area is 177 Å². The summed E-state index contributed by atoms with van der Waals surface area (Å²) < 4.78 is 21.4. The lowest BCUT2D eigenvalue weighted by Crippen LogP contribution is -2.44. The molecule has 7 heteroatoms. The maximum Gasteiger partial charge on any atom is 0.359 e. The molecule has 0 amide bonds. The number of phenolic OH excluding ortho intramolecular Hbond substituents is 1. The smallest absolute Gasteiger partial charge is 0.359 e. The Morgan fingerprint density at radius 1 is 1.13 bits per heavy atom. The summed E-state index contributed by atoms with van der Waals surface area (Å²) >= 11 is 0. The summed E-state index contributed by atoms with van der Waals surface area (Å²) in [5.41, 5.74) is 2.03. The summed E-state index contributed by atoms with van der Waals surface area (Å²) in [6, 6.07) is 16.6. The van der Waals surface area contributed by atoms with Crippen molar-refractivity contribution in [1.29, 1.82) is 0 Å². The Morgan fingerprint density at radius 2 is 1.97 bits per heavy atom. The Bertz CT molecular complexity index is 1260. The number of fused-ring (bicyclic) bond motifs is 1. The lowest BCUT2D eigenvalue weighted by Gasteiger charge is -2.08. The minimum atomic E-state index is -0.526. The van der Waals surface area contributed by atoms with Gasteiger partial charge in [0.1, 0.15) is 34.9 Å². The Hall–Kier alpha value is -4.00. The fourth-order valence-electron chi connectivity index (χ4n) is 3.79. The summed E-state index contributed by atoms with van der Waals surface area (Å²) in [5, 5.41) is 13.1. The largest absolute Gasteiger partial charge is 0.508 e. The number of anilines is 1. The minimum Gasteiger partial charge on any atom is -0.508 e. The molecular weight excluding hydrogens is 397 g/mol. The number of aromatic hydroxyl groups is 1. The zero-order valence-electron chi connectivity index (χ0n) is 16.5. The van der Waals surface area contributed by atoms with Crippen molar-refractivity contribution >= 4 is 11.7 Å². The fraction of sp³-hybridized carbons (Fsp3) is 0.125. The summed E-state index contributed by atoms with van der Waals surface area (Å²) in [6.07, 6.45) is 3.92. The highest BCUT2D eigenvalue weighted by atomic mass is 19.1. The number of phenols is 1. The van der Waals surface area contributed by atoms with E-state index in [1.54, 1.807) is 12.3 Å². The number of rotatable bonds is 5. The first-order valence-electron chi connectivity index (χ1n) is 9.90. The molecule has 1 aliphatic rings. The van der Waals surface area contributed by atoms with Crippen molar-refractivity contribution < 1.29 is 23.3 Å². The Balaban J connectivity index is 1.60. The zero-order chi connectivity index (χ0) is 21.4. The molecule has 1 atom stereocenters. The molecule has 0 fully saturated rings. The fourth-order valence-corrected chi connectivity index (χ4v) is 3.79. The van der Waals surface area contributed by atoms with Crippen LogP contribution in [0.25, 0.3) is 11.3 Å². The number of hydrogen-bond donors (Lipinski definition) is 2. The number of halogens is 1. The van der Waals surface area contributed by atoms with Gasteiger partial charge in [0.2, 0.25) is 6.04 Å². The van der Waals surface area contributed by atoms with Crippen molar-refractivity contribution in [3.63, 3.8) is 0 Å². The van der Waals surface area contributed by atoms with Crippen LogP contribution in [-0.2, 0) is 12.8 Å². The van der Waals surface area contributed by atoms with Gasteiger partial charge >= 0.3 is 11.7 Å². The monoisotopic (exact) mass is 416 g/mol. The third-order valence-corrected chi connectivity index (χ3v) is 5.29. The van der Waals surface area contributed by atoms with Gasteiger partial charge in [-0.2, -0.15) is 4.57 Å². The van der Waals surface area contributed by atoms with Crippen LogP contribution >= 0.6 is 0 Å². The molecule has 3 heterocycles. The van der Waals surface area contributed by atoms with Gasteiger partial charge in [-0.05, 0) is 35.9 Å². The van der Waals surface area contributed by atoms with Crippen LogP contribution in [0.15, 0.2) is 77.5 Å². The van der Waals surface area contributed by atoms with Gasteiger partial charge in [-0.1, -0.05) is 30.3 Å². The number of hydrogen-bond acceptors (Lipinski definition) is 5. The maximum atomic E-state index is 14.5. The van der Waals surface area contributed by atoms with E-state index < -0.39 is 11.9 Å². The predicted octanol–water partition coefficient (Wildman–Crippen LogP) is 3.74. The number of furan rings is 1. The van der Waals surface area contributed by atoms with E-state index in [2.05, 4.69) is 10.3 Å². The molecule has 2 aromatic heterocycles. The van der Waals surface area contributed by atoms with Gasteiger partial charge in [0.25, 0.3) is 0 Å². The quantitative estimate of drug-likeness (QED) is 0.485. The van der Waals surface area contributed by atoms with Crippen molar-refractivity contribution in [2.75, 3.05) is 5.32 Å². The number of carbonyl (C=O) groups is 1. The molecule has 154 valence electrons. The van der Waals surface area contributed by atoms with Crippen molar-refractivity contribution in [3.8, 4) is 17.0 Å². The molecule has 0 spiro atoms. The summed E-state index contributed by atoms with van der Waals surface area (Å²) in [5.74, 6) is 0.492. The van der Waals surface area contributed by atoms with Crippen LogP contribution in [0.3, 0.4) is 0 Å². The lowest BCUT2D eigenvalue weighted by atomic mass is 10.1. The second-order valence-corrected chi connectivity index (χ2v) is 7.44. The average Bonchev–Trinajstić information content (AvgIpc) is 3.40. The van der Waals surface area contributed by atoms with E-state index in [4.69, 9.17) is 4.42 Å². The second-order valence-electron chi connectivity index (χ2n) is 7.44. The normalized spacial score (nSPS) is 15.0. The van der Waals surface area contributed by atoms with E-state index in [-0.39, 0.29) is 22.9 Å². The summed E-state index contributed by atoms with van der Waals surface area (Å²) in [6.45, 7) is 0. The van der Waals surface area contributed by atoms with Crippen LogP contribution in [0.4, 0.5) is 10.2 Å². The first-order chi connectivity index (χ1) is 15.1. The molecule has 2 aromatic carbocycles. The van der Waals surface area contributed by atoms with Crippen LogP contribution < -0.4 is 9.88 Å². The highest BCUT2D eigenvalue weighted by molar-refractivity contribution is 5.82. The first-order valence-corrected chi connectivity index (χ1v) is 9.90. The van der Waals surface area contributed by atoms with E-state index >= 15 is 0 Å². The van der Waals surface area contributed by atoms with Crippen LogP contribution in [0.1, 0.15) is 21.8 Å². The van der Waals surface area contributed by atoms with E-state index in [1.807, 2.05) is 36.4 Å². The molecule has 1 unspecified atom stereocenters. The van der Waals surface area contributed by atoms with Crippen molar-refractivity contribution in [2.24, 2.45) is 0 Å².